The minimum atomic E-state index is 0.126. The summed E-state index contributed by atoms with van der Waals surface area (Å²) in [5, 5.41) is 7.62. The summed E-state index contributed by atoms with van der Waals surface area (Å²) in [7, 11) is 0. The van der Waals surface area contributed by atoms with Crippen molar-refractivity contribution in [3.05, 3.63) is 59.9 Å². The molecule has 1 aliphatic rings. The largest absolute Gasteiger partial charge is 0.357 e. The van der Waals surface area contributed by atoms with Crippen LogP contribution in [0.4, 0.5) is 5.69 Å². The van der Waals surface area contributed by atoms with Crippen LogP contribution in [0.25, 0.3) is 0 Å². The van der Waals surface area contributed by atoms with Gasteiger partial charge in [0, 0.05) is 23.6 Å². The van der Waals surface area contributed by atoms with Crippen molar-refractivity contribution < 1.29 is 0 Å². The number of anilines is 1. The molecular formula is C20H25N3S. The van der Waals surface area contributed by atoms with Crippen LogP contribution < -0.4 is 10.6 Å². The van der Waals surface area contributed by atoms with Crippen LogP contribution in [0.3, 0.4) is 0 Å². The minimum absolute atomic E-state index is 0.126. The lowest BCUT2D eigenvalue weighted by atomic mass is 9.89. The minimum Gasteiger partial charge on any atom is -0.357 e. The third-order valence-corrected chi connectivity index (χ3v) is 5.06. The molecule has 1 saturated carbocycles. The molecule has 0 radical (unpaired) electrons. The van der Waals surface area contributed by atoms with Crippen LogP contribution in [0.2, 0.25) is 0 Å². The van der Waals surface area contributed by atoms with E-state index in [9.17, 15) is 0 Å². The van der Waals surface area contributed by atoms with Crippen LogP contribution in [0.15, 0.2) is 48.8 Å². The van der Waals surface area contributed by atoms with Crippen molar-refractivity contribution in [2.24, 2.45) is 0 Å². The van der Waals surface area contributed by atoms with Crippen LogP contribution in [-0.2, 0) is 6.42 Å². The highest BCUT2D eigenvalue weighted by molar-refractivity contribution is 7.80. The Bertz CT molecular complexity index is 678. The highest BCUT2D eigenvalue weighted by Crippen LogP contribution is 2.34. The molecule has 126 valence electrons. The van der Waals surface area contributed by atoms with Gasteiger partial charge in [0.05, 0.1) is 0 Å². The molecule has 24 heavy (non-hydrogen) atoms. The van der Waals surface area contributed by atoms with Crippen LogP contribution >= 0.6 is 12.2 Å². The van der Waals surface area contributed by atoms with Crippen LogP contribution in [0.5, 0.6) is 0 Å². The lowest BCUT2D eigenvalue weighted by Gasteiger charge is -2.32. The third-order valence-electron chi connectivity index (χ3n) is 4.85. The van der Waals surface area contributed by atoms with Crippen molar-refractivity contribution in [3.8, 4) is 0 Å². The van der Waals surface area contributed by atoms with Gasteiger partial charge in [-0.05, 0) is 62.5 Å². The van der Waals surface area contributed by atoms with Crippen molar-refractivity contribution in [1.29, 1.82) is 0 Å². The Morgan fingerprint density at radius 2 is 1.92 bits per heavy atom. The molecule has 0 aliphatic heterocycles. The maximum atomic E-state index is 5.55. The van der Waals surface area contributed by atoms with E-state index in [1.54, 1.807) is 12.4 Å². The molecule has 1 aromatic heterocycles. The van der Waals surface area contributed by atoms with E-state index in [1.807, 2.05) is 12.1 Å². The van der Waals surface area contributed by atoms with E-state index < -0.39 is 0 Å². The monoisotopic (exact) mass is 339 g/mol. The number of nitrogens with one attached hydrogen (secondary N) is 2. The summed E-state index contributed by atoms with van der Waals surface area (Å²) in [4.78, 5) is 4.04. The molecule has 1 heterocycles. The summed E-state index contributed by atoms with van der Waals surface area (Å²) in [6, 6.07) is 12.7. The number of rotatable bonds is 5. The van der Waals surface area contributed by atoms with Crippen molar-refractivity contribution >= 4 is 23.0 Å². The van der Waals surface area contributed by atoms with Gasteiger partial charge in [0.1, 0.15) is 0 Å². The standard InChI is InChI=1S/C20H25N3S/c1-16-5-4-6-17(15-16)7-12-20(10-2-3-11-20)23-19(24)22-18-8-13-21-14-9-18/h4-6,8-9,13-15H,2-3,7,10-12H2,1H3,(H2,21,22,23,24). The zero-order chi connectivity index (χ0) is 16.8. The molecule has 4 heteroatoms. The fraction of sp³-hybridized carbons (Fsp3) is 0.400. The van der Waals surface area contributed by atoms with E-state index in [0.717, 1.165) is 18.5 Å². The average molecular weight is 340 g/mol. The fourth-order valence-electron chi connectivity index (χ4n) is 3.58. The normalized spacial score (nSPS) is 15.9. The third kappa shape index (κ3) is 4.54. The van der Waals surface area contributed by atoms with Crippen LogP contribution in [-0.4, -0.2) is 15.6 Å². The van der Waals surface area contributed by atoms with Crippen molar-refractivity contribution in [1.82, 2.24) is 10.3 Å². The maximum absolute atomic E-state index is 5.55. The maximum Gasteiger partial charge on any atom is 0.171 e. The van der Waals surface area contributed by atoms with E-state index in [0.29, 0.717) is 5.11 Å². The second kappa shape index (κ2) is 7.75. The molecule has 2 N–H and O–H groups in total. The second-order valence-corrected chi connectivity index (χ2v) is 7.20. The van der Waals surface area contributed by atoms with Gasteiger partial charge in [0.2, 0.25) is 0 Å². The van der Waals surface area contributed by atoms with Gasteiger partial charge in [-0.2, -0.15) is 0 Å². The summed E-state index contributed by atoms with van der Waals surface area (Å²) in [5.74, 6) is 0. The van der Waals surface area contributed by atoms with Gasteiger partial charge < -0.3 is 10.6 Å². The first-order valence-electron chi connectivity index (χ1n) is 8.70. The number of nitrogens with zero attached hydrogens (tertiary/aromatic N) is 1. The Morgan fingerprint density at radius 3 is 2.62 bits per heavy atom. The Kier molecular flexibility index (Phi) is 5.46. The van der Waals surface area contributed by atoms with Crippen molar-refractivity contribution in [3.63, 3.8) is 0 Å². The molecule has 0 amide bonds. The zero-order valence-electron chi connectivity index (χ0n) is 14.2. The van der Waals surface area contributed by atoms with E-state index in [1.165, 1.54) is 36.8 Å². The smallest absolute Gasteiger partial charge is 0.171 e. The molecule has 1 fully saturated rings. The molecule has 1 aliphatic carbocycles. The molecule has 0 atom stereocenters. The first-order chi connectivity index (χ1) is 11.7. The molecule has 0 spiro atoms. The number of hydrogen-bond acceptors (Lipinski definition) is 2. The number of benzene rings is 1. The summed E-state index contributed by atoms with van der Waals surface area (Å²) < 4.78 is 0. The van der Waals surface area contributed by atoms with Crippen LogP contribution in [0, 0.1) is 6.92 Å². The quantitative estimate of drug-likeness (QED) is 0.779. The number of aryl methyl sites for hydroxylation is 2. The van der Waals surface area contributed by atoms with E-state index in [-0.39, 0.29) is 5.54 Å². The Labute approximate surface area is 149 Å². The van der Waals surface area contributed by atoms with Gasteiger partial charge >= 0.3 is 0 Å². The molecule has 1 aromatic carbocycles. The predicted molar refractivity (Wildman–Crippen MR) is 104 cm³/mol. The van der Waals surface area contributed by atoms with Crippen LogP contribution in [0.1, 0.15) is 43.2 Å². The number of aromatic nitrogens is 1. The lowest BCUT2D eigenvalue weighted by molar-refractivity contribution is 0.362. The molecule has 0 saturated heterocycles. The SMILES string of the molecule is Cc1cccc(CCC2(NC(=S)Nc3ccncc3)CCCC2)c1. The molecular weight excluding hydrogens is 314 g/mol. The zero-order valence-corrected chi connectivity index (χ0v) is 15.0. The summed E-state index contributed by atoms with van der Waals surface area (Å²) in [6.07, 6.45) is 10.7. The van der Waals surface area contributed by atoms with Gasteiger partial charge in [-0.25, -0.2) is 0 Å². The Balaban J connectivity index is 1.61. The molecule has 3 rings (SSSR count). The van der Waals surface area contributed by atoms with Gasteiger partial charge in [-0.3, -0.25) is 4.98 Å². The first kappa shape index (κ1) is 16.9. The first-order valence-corrected chi connectivity index (χ1v) is 9.11. The van der Waals surface area contributed by atoms with Gasteiger partial charge in [-0.1, -0.05) is 42.7 Å². The Morgan fingerprint density at radius 1 is 1.17 bits per heavy atom. The summed E-state index contributed by atoms with van der Waals surface area (Å²) in [5.41, 5.74) is 3.85. The predicted octanol–water partition coefficient (Wildman–Crippen LogP) is 4.62. The van der Waals surface area contributed by atoms with E-state index in [4.69, 9.17) is 12.2 Å². The van der Waals surface area contributed by atoms with Crippen molar-refractivity contribution in [2.75, 3.05) is 5.32 Å². The molecule has 0 unspecified atom stereocenters. The van der Waals surface area contributed by atoms with Gasteiger partial charge in [-0.15, -0.1) is 0 Å². The Hall–Kier alpha value is -1.94. The summed E-state index contributed by atoms with van der Waals surface area (Å²) in [6.45, 7) is 2.15. The highest BCUT2D eigenvalue weighted by atomic mass is 32.1. The van der Waals surface area contributed by atoms with Gasteiger partial charge in [0.25, 0.3) is 0 Å². The van der Waals surface area contributed by atoms with E-state index >= 15 is 0 Å². The van der Waals surface area contributed by atoms with Gasteiger partial charge in [0.15, 0.2) is 5.11 Å². The molecule has 2 aromatic rings. The highest BCUT2D eigenvalue weighted by Gasteiger charge is 2.33. The fourth-order valence-corrected chi connectivity index (χ4v) is 3.91. The topological polar surface area (TPSA) is 37.0 Å². The summed E-state index contributed by atoms with van der Waals surface area (Å²) >= 11 is 5.55. The number of thiocarbonyl (C=S) groups is 1. The second-order valence-electron chi connectivity index (χ2n) is 6.79. The molecule has 3 nitrogen and oxygen atoms in total. The average Bonchev–Trinajstić information content (AvgIpc) is 3.03. The van der Waals surface area contributed by atoms with Crippen molar-refractivity contribution in [2.45, 2.75) is 51.0 Å². The number of hydrogen-bond donors (Lipinski definition) is 2. The lowest BCUT2D eigenvalue weighted by Crippen LogP contribution is -2.48. The van der Waals surface area contributed by atoms with E-state index in [2.05, 4.69) is 46.8 Å². The number of pyridine rings is 1. The molecule has 0 bridgehead atoms.